The number of aliphatic imine (C=N–C) groups is 1. The first-order valence-electron chi connectivity index (χ1n) is 8.83. The molecular weight excluding hydrogens is 306 g/mol. The van der Waals surface area contributed by atoms with Crippen molar-refractivity contribution in [3.8, 4) is 0 Å². The number of likely N-dealkylation sites (tertiary alicyclic amines) is 1. The van der Waals surface area contributed by atoms with Gasteiger partial charge in [-0.1, -0.05) is 6.92 Å². The van der Waals surface area contributed by atoms with E-state index in [1.807, 2.05) is 0 Å². The molecule has 0 saturated carbocycles. The number of aryl methyl sites for hydroxylation is 2. The number of hydrogen-bond acceptors (Lipinski definition) is 4. The highest BCUT2D eigenvalue weighted by molar-refractivity contribution is 7.11. The highest BCUT2D eigenvalue weighted by Crippen LogP contribution is 2.17. The molecule has 6 heteroatoms. The van der Waals surface area contributed by atoms with E-state index in [0.29, 0.717) is 12.6 Å². The Hall–Kier alpha value is -1.14. The lowest BCUT2D eigenvalue weighted by molar-refractivity contribution is 0.236. The summed E-state index contributed by atoms with van der Waals surface area (Å²) >= 11 is 1.74. The van der Waals surface area contributed by atoms with E-state index in [9.17, 15) is 0 Å². The molecule has 1 saturated heterocycles. The lowest BCUT2D eigenvalue weighted by atomic mass is 10.2. The summed E-state index contributed by atoms with van der Waals surface area (Å²) in [5.74, 6) is 0.899. The van der Waals surface area contributed by atoms with E-state index in [2.05, 4.69) is 48.2 Å². The van der Waals surface area contributed by atoms with Gasteiger partial charge in [0.05, 0.1) is 12.2 Å². The average molecular weight is 338 g/mol. The summed E-state index contributed by atoms with van der Waals surface area (Å²) in [6, 6.07) is 0.603. The van der Waals surface area contributed by atoms with Crippen LogP contribution in [0, 0.1) is 13.8 Å². The summed E-state index contributed by atoms with van der Waals surface area (Å²) in [7, 11) is 0. The lowest BCUT2D eigenvalue weighted by Crippen LogP contribution is -2.46. The molecule has 2 N–H and O–H groups in total. The molecule has 0 spiro atoms. The highest BCUT2D eigenvalue weighted by Gasteiger charge is 2.20. The normalized spacial score (nSPS) is 17.5. The number of nitrogens with zero attached hydrogens (tertiary/aromatic N) is 3. The van der Waals surface area contributed by atoms with Gasteiger partial charge in [0.1, 0.15) is 5.01 Å². The van der Waals surface area contributed by atoms with Gasteiger partial charge in [-0.2, -0.15) is 0 Å². The summed E-state index contributed by atoms with van der Waals surface area (Å²) in [6.45, 7) is 13.5. The van der Waals surface area contributed by atoms with Crippen LogP contribution < -0.4 is 10.6 Å². The van der Waals surface area contributed by atoms with E-state index >= 15 is 0 Å². The molecule has 1 fully saturated rings. The average Bonchev–Trinajstić information content (AvgIpc) is 3.16. The Kier molecular flexibility index (Phi) is 7.30. The van der Waals surface area contributed by atoms with Crippen molar-refractivity contribution in [3.05, 3.63) is 15.6 Å². The first kappa shape index (κ1) is 18.2. The molecule has 0 aromatic carbocycles. The second-order valence-electron chi connectivity index (χ2n) is 6.13. The summed E-state index contributed by atoms with van der Waals surface area (Å²) in [6.07, 6.45) is 3.86. The van der Waals surface area contributed by atoms with Crippen molar-refractivity contribution in [2.75, 3.05) is 26.2 Å². The van der Waals surface area contributed by atoms with Crippen LogP contribution in [0.4, 0.5) is 0 Å². The quantitative estimate of drug-likeness (QED) is 0.593. The highest BCUT2D eigenvalue weighted by atomic mass is 32.1. The van der Waals surface area contributed by atoms with Crippen LogP contribution in [0.5, 0.6) is 0 Å². The van der Waals surface area contributed by atoms with Gasteiger partial charge in [-0.15, -0.1) is 11.3 Å². The van der Waals surface area contributed by atoms with E-state index in [0.717, 1.165) is 29.8 Å². The zero-order valence-corrected chi connectivity index (χ0v) is 15.8. The zero-order chi connectivity index (χ0) is 16.7. The number of nitrogens with one attached hydrogen (secondary N) is 2. The molecule has 23 heavy (non-hydrogen) atoms. The molecule has 1 aromatic heterocycles. The molecule has 5 nitrogen and oxygen atoms in total. The van der Waals surface area contributed by atoms with Crippen LogP contribution in [0.15, 0.2) is 4.99 Å². The van der Waals surface area contributed by atoms with Gasteiger partial charge < -0.3 is 10.6 Å². The van der Waals surface area contributed by atoms with Gasteiger partial charge in [-0.05, 0) is 53.1 Å². The zero-order valence-electron chi connectivity index (χ0n) is 15.0. The van der Waals surface area contributed by atoms with Crippen LogP contribution in [-0.4, -0.2) is 48.1 Å². The molecule has 2 rings (SSSR count). The summed E-state index contributed by atoms with van der Waals surface area (Å²) in [5.41, 5.74) is 1.12. The monoisotopic (exact) mass is 337 g/mol. The molecule has 2 heterocycles. The first-order chi connectivity index (χ1) is 11.1. The van der Waals surface area contributed by atoms with Gasteiger partial charge in [-0.25, -0.2) is 9.98 Å². The Morgan fingerprint density at radius 2 is 2.00 bits per heavy atom. The molecule has 0 amide bonds. The van der Waals surface area contributed by atoms with E-state index in [1.54, 1.807) is 11.3 Å². The fourth-order valence-corrected chi connectivity index (χ4v) is 3.81. The predicted octanol–water partition coefficient (Wildman–Crippen LogP) is 2.69. The van der Waals surface area contributed by atoms with Crippen LogP contribution in [-0.2, 0) is 6.54 Å². The molecule has 1 aromatic rings. The fraction of sp³-hybridized carbons (Fsp3) is 0.765. The number of aromatic nitrogens is 1. The molecule has 0 bridgehead atoms. The molecule has 130 valence electrons. The fourth-order valence-electron chi connectivity index (χ4n) is 2.95. The Balaban J connectivity index is 1.90. The van der Waals surface area contributed by atoms with Crippen molar-refractivity contribution in [3.63, 3.8) is 0 Å². The largest absolute Gasteiger partial charge is 0.357 e. The summed E-state index contributed by atoms with van der Waals surface area (Å²) in [4.78, 5) is 13.1. The molecular formula is C17H31N5S. The van der Waals surface area contributed by atoms with Crippen LogP contribution in [0.1, 0.15) is 48.7 Å². The molecule has 0 radical (unpaired) electrons. The smallest absolute Gasteiger partial charge is 0.191 e. The van der Waals surface area contributed by atoms with E-state index < -0.39 is 0 Å². The number of rotatable bonds is 7. The van der Waals surface area contributed by atoms with Gasteiger partial charge in [0.2, 0.25) is 0 Å². The number of guanidine groups is 1. The second kappa shape index (κ2) is 9.23. The summed E-state index contributed by atoms with van der Waals surface area (Å²) < 4.78 is 0. The summed E-state index contributed by atoms with van der Waals surface area (Å²) in [5, 5.41) is 7.94. The van der Waals surface area contributed by atoms with Gasteiger partial charge in [-0.3, -0.25) is 4.90 Å². The lowest BCUT2D eigenvalue weighted by Gasteiger charge is -2.27. The SMILES string of the molecule is CCNC(=NCc1nc(C)c(C)s1)NCC(CC)N1CCCC1. The third kappa shape index (κ3) is 5.46. The van der Waals surface area contributed by atoms with Crippen molar-refractivity contribution in [1.29, 1.82) is 0 Å². The molecule has 1 atom stereocenters. The number of hydrogen-bond donors (Lipinski definition) is 2. The topological polar surface area (TPSA) is 52.6 Å². The maximum absolute atomic E-state index is 4.69. The molecule has 1 aliphatic rings. The van der Waals surface area contributed by atoms with Gasteiger partial charge in [0, 0.05) is 24.0 Å². The third-order valence-electron chi connectivity index (χ3n) is 4.42. The Bertz CT molecular complexity index is 486. The Morgan fingerprint density at radius 1 is 1.26 bits per heavy atom. The number of thiazole rings is 1. The van der Waals surface area contributed by atoms with Crippen molar-refractivity contribution >= 4 is 17.3 Å². The molecule has 1 unspecified atom stereocenters. The van der Waals surface area contributed by atoms with Crippen LogP contribution in [0.3, 0.4) is 0 Å². The van der Waals surface area contributed by atoms with E-state index in [-0.39, 0.29) is 0 Å². The van der Waals surface area contributed by atoms with Crippen LogP contribution in [0.25, 0.3) is 0 Å². The van der Waals surface area contributed by atoms with E-state index in [4.69, 9.17) is 4.99 Å². The van der Waals surface area contributed by atoms with Crippen molar-refractivity contribution in [2.45, 2.75) is 59.5 Å². The van der Waals surface area contributed by atoms with Crippen LogP contribution in [0.2, 0.25) is 0 Å². The van der Waals surface area contributed by atoms with Crippen LogP contribution >= 0.6 is 11.3 Å². The Morgan fingerprint density at radius 3 is 2.57 bits per heavy atom. The Labute approximate surface area is 144 Å². The van der Waals surface area contributed by atoms with Gasteiger partial charge in [0.15, 0.2) is 5.96 Å². The van der Waals surface area contributed by atoms with Crippen molar-refractivity contribution in [2.24, 2.45) is 4.99 Å². The minimum Gasteiger partial charge on any atom is -0.357 e. The second-order valence-corrected chi connectivity index (χ2v) is 7.42. The minimum atomic E-state index is 0.603. The van der Waals surface area contributed by atoms with Gasteiger partial charge in [0.25, 0.3) is 0 Å². The minimum absolute atomic E-state index is 0.603. The van der Waals surface area contributed by atoms with Crippen molar-refractivity contribution < 1.29 is 0 Å². The molecule has 0 aliphatic carbocycles. The third-order valence-corrected chi connectivity index (χ3v) is 5.48. The maximum atomic E-state index is 4.69. The van der Waals surface area contributed by atoms with Gasteiger partial charge >= 0.3 is 0 Å². The molecule has 1 aliphatic heterocycles. The van der Waals surface area contributed by atoms with Crippen molar-refractivity contribution in [1.82, 2.24) is 20.5 Å². The maximum Gasteiger partial charge on any atom is 0.191 e. The standard InChI is InChI=1S/C17H31N5S/c1-5-15(22-9-7-8-10-22)11-19-17(18-6-2)20-12-16-21-13(3)14(4)23-16/h15H,5-12H2,1-4H3,(H2,18,19,20). The predicted molar refractivity (Wildman–Crippen MR) is 99.3 cm³/mol. The first-order valence-corrected chi connectivity index (χ1v) is 9.64. The van der Waals surface area contributed by atoms with E-state index in [1.165, 1.54) is 37.2 Å².